The Kier molecular flexibility index (Phi) is 6.25. The summed E-state index contributed by atoms with van der Waals surface area (Å²) in [7, 11) is -11.6. The van der Waals surface area contributed by atoms with E-state index in [0.717, 1.165) is 0 Å². The van der Waals surface area contributed by atoms with Crippen molar-refractivity contribution in [1.29, 1.82) is 0 Å². The average Bonchev–Trinajstić information content (AvgIpc) is 2.19. The number of unbranched alkanes of at least 4 members (excludes halogenated alkanes) is 1. The van der Waals surface area contributed by atoms with Gasteiger partial charge in [-0.05, 0) is 12.8 Å². The van der Waals surface area contributed by atoms with Gasteiger partial charge in [0.15, 0.2) is 0 Å². The van der Waals surface area contributed by atoms with Gasteiger partial charge in [-0.25, -0.2) is 0 Å². The monoisotopic (exact) mass is 354 g/mol. The molecule has 0 rings (SSSR count). The summed E-state index contributed by atoms with van der Waals surface area (Å²) in [5, 5.41) is 0. The number of rotatable bonds is 7. The van der Waals surface area contributed by atoms with Crippen LogP contribution >= 0.6 is 0 Å². The SMILES string of the molecule is O=S(=O)(OCCCCOS(=O)(=O)C(F)(F)F)C(F)(F)F. The highest BCUT2D eigenvalue weighted by Crippen LogP contribution is 2.25. The molecular weight excluding hydrogens is 346 g/mol. The maximum Gasteiger partial charge on any atom is 0.523 e. The first-order chi connectivity index (χ1) is 8.71. The van der Waals surface area contributed by atoms with Crippen molar-refractivity contribution in [3.63, 3.8) is 0 Å². The fraction of sp³-hybridized carbons (Fsp3) is 1.00. The minimum Gasteiger partial charge on any atom is -0.263 e. The second-order valence-electron chi connectivity index (χ2n) is 3.15. The van der Waals surface area contributed by atoms with Gasteiger partial charge >= 0.3 is 31.3 Å². The summed E-state index contributed by atoms with van der Waals surface area (Å²) >= 11 is 0. The van der Waals surface area contributed by atoms with Crippen LogP contribution in [0.3, 0.4) is 0 Å². The molecule has 0 N–H and O–H groups in total. The minimum atomic E-state index is -5.78. The van der Waals surface area contributed by atoms with Crippen molar-refractivity contribution in [3.8, 4) is 0 Å². The zero-order valence-corrected chi connectivity index (χ0v) is 11.0. The lowest BCUT2D eigenvalue weighted by Crippen LogP contribution is -2.26. The maximum atomic E-state index is 11.8. The van der Waals surface area contributed by atoms with Gasteiger partial charge in [0.05, 0.1) is 13.2 Å². The molecule has 0 amide bonds. The van der Waals surface area contributed by atoms with Crippen LogP contribution in [0.15, 0.2) is 0 Å². The lowest BCUT2D eigenvalue weighted by Gasteiger charge is -2.09. The topological polar surface area (TPSA) is 86.7 Å². The van der Waals surface area contributed by atoms with E-state index in [-0.39, 0.29) is 0 Å². The van der Waals surface area contributed by atoms with E-state index in [2.05, 4.69) is 8.37 Å². The van der Waals surface area contributed by atoms with E-state index in [1.807, 2.05) is 0 Å². The molecule has 0 aromatic heterocycles. The molecule has 0 radical (unpaired) electrons. The molecule has 0 aromatic rings. The standard InChI is InChI=1S/C6H8F6O6S2/c7-5(8,9)19(13,14)17-3-1-2-4-18-20(15,16)6(10,11)12/h1-4H2. The van der Waals surface area contributed by atoms with Crippen molar-refractivity contribution in [2.45, 2.75) is 23.9 Å². The highest BCUT2D eigenvalue weighted by Gasteiger charge is 2.48. The van der Waals surface area contributed by atoms with Crippen molar-refractivity contribution in [2.75, 3.05) is 13.2 Å². The van der Waals surface area contributed by atoms with Gasteiger partial charge in [0.25, 0.3) is 0 Å². The van der Waals surface area contributed by atoms with Gasteiger partial charge in [-0.3, -0.25) is 8.37 Å². The molecule has 14 heteroatoms. The molecule has 6 nitrogen and oxygen atoms in total. The molecule has 0 aliphatic rings. The van der Waals surface area contributed by atoms with Crippen molar-refractivity contribution in [1.82, 2.24) is 0 Å². The number of hydrogen-bond acceptors (Lipinski definition) is 6. The molecule has 0 aromatic carbocycles. The summed E-state index contributed by atoms with van der Waals surface area (Å²) in [5.41, 5.74) is -11.2. The van der Waals surface area contributed by atoms with Crippen LogP contribution in [0.5, 0.6) is 0 Å². The molecule has 0 fully saturated rings. The molecule has 122 valence electrons. The first-order valence-electron chi connectivity index (χ1n) is 4.62. The zero-order chi connectivity index (χ0) is 16.2. The summed E-state index contributed by atoms with van der Waals surface area (Å²) < 4.78 is 119. The molecule has 0 spiro atoms. The third kappa shape index (κ3) is 5.80. The van der Waals surface area contributed by atoms with Crippen molar-refractivity contribution in [3.05, 3.63) is 0 Å². The van der Waals surface area contributed by atoms with E-state index >= 15 is 0 Å². The van der Waals surface area contributed by atoms with Crippen LogP contribution in [0.25, 0.3) is 0 Å². The molecular formula is C6H8F6O6S2. The Morgan fingerprint density at radius 3 is 1.10 bits per heavy atom. The first-order valence-corrected chi connectivity index (χ1v) is 7.44. The lowest BCUT2D eigenvalue weighted by molar-refractivity contribution is -0.0555. The largest absolute Gasteiger partial charge is 0.523 e. The Hall–Kier alpha value is -0.600. The van der Waals surface area contributed by atoms with Gasteiger partial charge in [0.1, 0.15) is 0 Å². The number of halogens is 6. The molecule has 0 aliphatic heterocycles. The Morgan fingerprint density at radius 1 is 0.650 bits per heavy atom. The van der Waals surface area contributed by atoms with Crippen molar-refractivity contribution in [2.24, 2.45) is 0 Å². The average molecular weight is 354 g/mol. The third-order valence-electron chi connectivity index (χ3n) is 1.58. The van der Waals surface area contributed by atoms with Crippen LogP contribution in [0.2, 0.25) is 0 Å². The Bertz CT molecular complexity index is 455. The number of alkyl halides is 6. The van der Waals surface area contributed by atoms with E-state index in [1.54, 1.807) is 0 Å². The Morgan fingerprint density at radius 2 is 0.900 bits per heavy atom. The lowest BCUT2D eigenvalue weighted by atomic mass is 10.3. The van der Waals surface area contributed by atoms with Crippen LogP contribution in [-0.2, 0) is 28.6 Å². The second kappa shape index (κ2) is 6.44. The summed E-state index contributed by atoms with van der Waals surface area (Å²) in [6.07, 6.45) is -0.911. The number of hydrogen-bond donors (Lipinski definition) is 0. The minimum absolute atomic E-state index is 0.456. The van der Waals surface area contributed by atoms with Crippen LogP contribution in [0, 0.1) is 0 Å². The van der Waals surface area contributed by atoms with Gasteiger partial charge in [-0.15, -0.1) is 0 Å². The maximum absolute atomic E-state index is 11.8. The smallest absolute Gasteiger partial charge is 0.263 e. The summed E-state index contributed by atoms with van der Waals surface area (Å²) in [6, 6.07) is 0. The van der Waals surface area contributed by atoms with Crippen LogP contribution in [0.4, 0.5) is 26.3 Å². The molecule has 0 bridgehead atoms. The predicted octanol–water partition coefficient (Wildman–Crippen LogP) is 1.50. The van der Waals surface area contributed by atoms with Crippen LogP contribution in [0.1, 0.15) is 12.8 Å². The highest BCUT2D eigenvalue weighted by atomic mass is 32.2. The summed E-state index contributed by atoms with van der Waals surface area (Å²) in [5.74, 6) is 0. The zero-order valence-electron chi connectivity index (χ0n) is 9.36. The Balaban J connectivity index is 4.03. The van der Waals surface area contributed by atoms with E-state index < -0.39 is 57.3 Å². The van der Waals surface area contributed by atoms with Crippen LogP contribution in [-0.4, -0.2) is 41.1 Å². The van der Waals surface area contributed by atoms with E-state index in [9.17, 15) is 43.2 Å². The fourth-order valence-electron chi connectivity index (χ4n) is 0.675. The van der Waals surface area contributed by atoms with Gasteiger partial charge in [0, 0.05) is 0 Å². The third-order valence-corrected chi connectivity index (χ3v) is 3.67. The molecule has 0 atom stereocenters. The normalized spacial score (nSPS) is 14.5. The quantitative estimate of drug-likeness (QED) is 0.298. The van der Waals surface area contributed by atoms with Gasteiger partial charge in [-0.2, -0.15) is 43.2 Å². The van der Waals surface area contributed by atoms with E-state index in [1.165, 1.54) is 0 Å². The summed E-state index contributed by atoms with van der Waals surface area (Å²) in [6.45, 7) is -1.95. The molecule has 0 unspecified atom stereocenters. The predicted molar refractivity (Wildman–Crippen MR) is 51.1 cm³/mol. The fourth-order valence-corrected chi connectivity index (χ4v) is 1.62. The molecule has 0 aliphatic carbocycles. The van der Waals surface area contributed by atoms with E-state index in [4.69, 9.17) is 0 Å². The highest BCUT2D eigenvalue weighted by molar-refractivity contribution is 7.87. The van der Waals surface area contributed by atoms with Gasteiger partial charge in [-0.1, -0.05) is 0 Å². The first kappa shape index (κ1) is 19.4. The van der Waals surface area contributed by atoms with Gasteiger partial charge < -0.3 is 0 Å². The second-order valence-corrected chi connectivity index (χ2v) is 6.36. The van der Waals surface area contributed by atoms with Crippen LogP contribution < -0.4 is 0 Å². The summed E-state index contributed by atoms with van der Waals surface area (Å²) in [4.78, 5) is 0. The van der Waals surface area contributed by atoms with Crippen molar-refractivity contribution < 1.29 is 51.5 Å². The van der Waals surface area contributed by atoms with Crippen molar-refractivity contribution >= 4 is 20.2 Å². The molecule has 0 saturated carbocycles. The van der Waals surface area contributed by atoms with E-state index in [0.29, 0.717) is 0 Å². The molecule has 0 heterocycles. The molecule has 0 saturated heterocycles. The molecule has 20 heavy (non-hydrogen) atoms. The van der Waals surface area contributed by atoms with Gasteiger partial charge in [0.2, 0.25) is 0 Å². The Labute approximate surface area is 109 Å².